The fourth-order valence-electron chi connectivity index (χ4n) is 12.0. The predicted octanol–water partition coefficient (Wildman–Crippen LogP) is 2.82. The molecule has 0 aromatic carbocycles. The van der Waals surface area contributed by atoms with Gasteiger partial charge in [-0.1, -0.05) is 44.9 Å². The molecule has 17 atom stereocenters. The van der Waals surface area contributed by atoms with Crippen LogP contribution in [0.25, 0.3) is 0 Å². The Morgan fingerprint density at radius 2 is 0.571 bits per heavy atom. The molecule has 4 aliphatic carbocycles. The summed E-state index contributed by atoms with van der Waals surface area (Å²) in [5, 5.41) is 33.8. The van der Waals surface area contributed by atoms with Crippen molar-refractivity contribution >= 4 is 11.6 Å². The molecule has 0 radical (unpaired) electrons. The van der Waals surface area contributed by atoms with Crippen LogP contribution in [-0.4, -0.2) is 54.7 Å². The molecule has 10 heteroatoms. The van der Waals surface area contributed by atoms with Crippen LogP contribution in [-0.2, 0) is 21.7 Å². The summed E-state index contributed by atoms with van der Waals surface area (Å²) in [6.07, 6.45) is 22.9. The number of nitrogens with one attached hydrogen (secondary N) is 8. The van der Waals surface area contributed by atoms with Crippen molar-refractivity contribution < 1.29 is 21.7 Å². The molecule has 8 nitrogen and oxygen atoms in total. The molecule has 9 fully saturated rings. The first kappa shape index (κ1) is 30.0. The second-order valence-corrected chi connectivity index (χ2v) is 16.2. The fourth-order valence-corrected chi connectivity index (χ4v) is 12.5. The number of hydrogen-bond acceptors (Lipinski definition) is 8. The summed E-state index contributed by atoms with van der Waals surface area (Å²) in [5.74, 6) is 5.34. The minimum Gasteiger partial charge on any atom is -0.286 e. The standard InChI is InChI=1S/C32H55ClN8.Ti/c33-23-15-7-14-22-24(23)32-40-30-21-13-6-5-12-20(21)28(38-30)36-26-17-9-2-1-8-16(17)25(34-26)35-27-18-10-3-4-11-19(18)29(37-27)39-31(22)41-32;/h16-32,34-41H,1-15H2;. The SMILES string of the molecule is ClC1CCCC2C3NC4NC(NC5NC(NC6NC(NC(N3)C12)C1CCCCC61)C1CCCCC51)C1CCCCC41.[Ti]. The molecule has 9 rings (SSSR count). The van der Waals surface area contributed by atoms with E-state index in [4.69, 9.17) is 11.6 Å². The van der Waals surface area contributed by atoms with Gasteiger partial charge in [0.15, 0.2) is 0 Å². The molecule has 5 saturated heterocycles. The van der Waals surface area contributed by atoms with Gasteiger partial charge in [-0.05, 0) is 92.8 Å². The van der Waals surface area contributed by atoms with Gasteiger partial charge in [-0.3, -0.25) is 42.5 Å². The van der Waals surface area contributed by atoms with Crippen molar-refractivity contribution in [2.75, 3.05) is 0 Å². The van der Waals surface area contributed by atoms with Crippen molar-refractivity contribution in [1.82, 2.24) is 42.5 Å². The molecule has 0 amide bonds. The average Bonchev–Trinajstić information content (AvgIpc) is 3.73. The maximum absolute atomic E-state index is 7.19. The van der Waals surface area contributed by atoms with Gasteiger partial charge in [-0.2, -0.15) is 0 Å². The third-order valence-electron chi connectivity index (χ3n) is 13.8. The Hall–Kier alpha value is 0.684. The number of rotatable bonds is 0. The number of fused-ring (bicyclic) bond motifs is 20. The molecule has 8 bridgehead atoms. The Morgan fingerprint density at radius 3 is 0.905 bits per heavy atom. The first-order valence-corrected chi connectivity index (χ1v) is 18.4. The van der Waals surface area contributed by atoms with E-state index in [0.29, 0.717) is 78.7 Å². The first-order chi connectivity index (χ1) is 20.2. The second-order valence-electron chi connectivity index (χ2n) is 15.7. The van der Waals surface area contributed by atoms with Gasteiger partial charge in [0, 0.05) is 33.0 Å². The van der Waals surface area contributed by atoms with Crippen LogP contribution in [0, 0.1) is 47.3 Å². The van der Waals surface area contributed by atoms with Gasteiger partial charge >= 0.3 is 0 Å². The molecule has 42 heavy (non-hydrogen) atoms. The van der Waals surface area contributed by atoms with Gasteiger partial charge < -0.3 is 0 Å². The number of alkyl halides is 1. The number of hydrogen-bond donors (Lipinski definition) is 8. The molecule has 5 heterocycles. The van der Waals surface area contributed by atoms with Gasteiger partial charge in [0.2, 0.25) is 0 Å². The van der Waals surface area contributed by atoms with Crippen LogP contribution in [0.4, 0.5) is 0 Å². The monoisotopic (exact) mass is 634 g/mol. The summed E-state index contributed by atoms with van der Waals surface area (Å²) in [5.41, 5.74) is 0. The van der Waals surface area contributed by atoms with E-state index in [1.807, 2.05) is 0 Å². The topological polar surface area (TPSA) is 96.2 Å². The zero-order chi connectivity index (χ0) is 27.1. The van der Waals surface area contributed by atoms with E-state index >= 15 is 0 Å². The van der Waals surface area contributed by atoms with Crippen LogP contribution in [0.2, 0.25) is 0 Å². The molecule has 17 unspecified atom stereocenters. The summed E-state index contributed by atoms with van der Waals surface area (Å²) in [7, 11) is 0. The van der Waals surface area contributed by atoms with Crippen LogP contribution in [0.15, 0.2) is 0 Å². The van der Waals surface area contributed by atoms with Crippen molar-refractivity contribution in [2.45, 2.75) is 151 Å². The van der Waals surface area contributed by atoms with Crippen molar-refractivity contribution in [3.63, 3.8) is 0 Å². The predicted molar refractivity (Wildman–Crippen MR) is 162 cm³/mol. The molecule has 9 aliphatic rings. The second kappa shape index (κ2) is 12.4. The smallest absolute Gasteiger partial charge is 0.0642 e. The summed E-state index contributed by atoms with van der Waals surface area (Å²) < 4.78 is 0. The van der Waals surface area contributed by atoms with Crippen LogP contribution >= 0.6 is 11.6 Å². The molecule has 0 aromatic rings. The Labute approximate surface area is 273 Å². The molecule has 4 saturated carbocycles. The van der Waals surface area contributed by atoms with E-state index in [9.17, 15) is 0 Å². The molecule has 0 spiro atoms. The Morgan fingerprint density at radius 1 is 0.310 bits per heavy atom. The van der Waals surface area contributed by atoms with E-state index in [1.165, 1.54) is 89.9 Å². The molecule has 0 aromatic heterocycles. The van der Waals surface area contributed by atoms with E-state index in [0.717, 1.165) is 18.3 Å². The minimum absolute atomic E-state index is 0. The molecular weight excluding hydrogens is 580 g/mol. The van der Waals surface area contributed by atoms with Crippen molar-refractivity contribution in [1.29, 1.82) is 0 Å². The summed E-state index contributed by atoms with van der Waals surface area (Å²) in [4.78, 5) is 0. The van der Waals surface area contributed by atoms with Crippen LogP contribution in [0.1, 0.15) is 96.3 Å². The Balaban J connectivity index is 0.00000267. The van der Waals surface area contributed by atoms with Gasteiger partial charge in [-0.25, -0.2) is 0 Å². The molecule has 5 aliphatic heterocycles. The minimum atomic E-state index is 0. The zero-order valence-electron chi connectivity index (χ0n) is 25.3. The molecule has 8 N–H and O–H groups in total. The van der Waals surface area contributed by atoms with E-state index in [-0.39, 0.29) is 33.3 Å². The summed E-state index contributed by atoms with van der Waals surface area (Å²) in [6.45, 7) is 0. The van der Waals surface area contributed by atoms with E-state index in [2.05, 4.69) is 42.5 Å². The molecular formula is C32H55ClN8Ti. The van der Waals surface area contributed by atoms with Crippen molar-refractivity contribution in [2.24, 2.45) is 47.3 Å². The van der Waals surface area contributed by atoms with E-state index in [1.54, 1.807) is 0 Å². The summed E-state index contributed by atoms with van der Waals surface area (Å²) in [6, 6.07) is 0. The first-order valence-electron chi connectivity index (χ1n) is 17.9. The maximum Gasteiger partial charge on any atom is 0.0642 e. The Bertz CT molecular complexity index is 959. The third kappa shape index (κ3) is 5.14. The van der Waals surface area contributed by atoms with Crippen molar-refractivity contribution in [3.8, 4) is 0 Å². The maximum atomic E-state index is 7.19. The van der Waals surface area contributed by atoms with Crippen LogP contribution in [0.5, 0.6) is 0 Å². The van der Waals surface area contributed by atoms with Gasteiger partial charge in [0.1, 0.15) is 0 Å². The van der Waals surface area contributed by atoms with E-state index < -0.39 is 0 Å². The number of halogens is 1. The summed E-state index contributed by atoms with van der Waals surface area (Å²) >= 11 is 7.19. The largest absolute Gasteiger partial charge is 0.286 e. The molecule has 234 valence electrons. The normalized spacial score (nSPS) is 56.9. The third-order valence-corrected chi connectivity index (χ3v) is 14.3. The van der Waals surface area contributed by atoms with Crippen LogP contribution < -0.4 is 42.5 Å². The van der Waals surface area contributed by atoms with Crippen LogP contribution in [0.3, 0.4) is 0 Å². The van der Waals surface area contributed by atoms with Gasteiger partial charge in [0.05, 0.1) is 49.3 Å². The fraction of sp³-hybridized carbons (Fsp3) is 1.00. The quantitative estimate of drug-likeness (QED) is 0.152. The zero-order valence-corrected chi connectivity index (χ0v) is 27.6. The average molecular weight is 635 g/mol. The Kier molecular flexibility index (Phi) is 8.85. The van der Waals surface area contributed by atoms with Gasteiger partial charge in [-0.15, -0.1) is 11.6 Å². The van der Waals surface area contributed by atoms with Gasteiger partial charge in [0.25, 0.3) is 0 Å². The van der Waals surface area contributed by atoms with Crippen molar-refractivity contribution in [3.05, 3.63) is 0 Å².